The van der Waals surface area contributed by atoms with E-state index in [0.717, 1.165) is 18.2 Å². The van der Waals surface area contributed by atoms with Crippen LogP contribution in [0.3, 0.4) is 0 Å². The first kappa shape index (κ1) is 19.4. The Hall–Kier alpha value is -3.87. The van der Waals surface area contributed by atoms with Gasteiger partial charge in [0.05, 0.1) is 29.4 Å². The molecule has 30 heavy (non-hydrogen) atoms. The van der Waals surface area contributed by atoms with Gasteiger partial charge in [-0.2, -0.15) is 0 Å². The van der Waals surface area contributed by atoms with Crippen molar-refractivity contribution in [2.24, 2.45) is 0 Å². The molecular weight excluding hydrogens is 395 g/mol. The summed E-state index contributed by atoms with van der Waals surface area (Å²) in [6, 6.07) is 12.9. The predicted octanol–water partition coefficient (Wildman–Crippen LogP) is 4.84. The molecule has 0 radical (unpaired) electrons. The van der Waals surface area contributed by atoms with Crippen molar-refractivity contribution in [1.29, 1.82) is 0 Å². The quantitative estimate of drug-likeness (QED) is 0.455. The maximum Gasteiger partial charge on any atom is 0.337 e. The molecule has 0 aliphatic heterocycles. The lowest BCUT2D eigenvalue weighted by atomic mass is 10.0. The van der Waals surface area contributed by atoms with Gasteiger partial charge in [-0.25, -0.2) is 18.0 Å². The summed E-state index contributed by atoms with van der Waals surface area (Å²) in [6.45, 7) is 0. The number of hydrogen-bond acceptors (Lipinski definition) is 3. The summed E-state index contributed by atoms with van der Waals surface area (Å²) in [7, 11) is 1.18. The Morgan fingerprint density at radius 1 is 0.900 bits per heavy atom. The number of ether oxygens (including phenoxy) is 1. The van der Waals surface area contributed by atoms with E-state index in [4.69, 9.17) is 0 Å². The van der Waals surface area contributed by atoms with Crippen LogP contribution in [0.2, 0.25) is 0 Å². The number of carbonyl (C=O) groups excluding carboxylic acids is 1. The third-order valence-corrected chi connectivity index (χ3v) is 4.77. The highest BCUT2D eigenvalue weighted by Gasteiger charge is 2.17. The second-order valence-electron chi connectivity index (χ2n) is 6.53. The first-order valence-electron chi connectivity index (χ1n) is 8.89. The molecule has 0 amide bonds. The molecule has 0 unspecified atom stereocenters. The number of hydrogen-bond donors (Lipinski definition) is 0. The van der Waals surface area contributed by atoms with Crippen LogP contribution >= 0.6 is 0 Å². The van der Waals surface area contributed by atoms with Gasteiger partial charge in [0.1, 0.15) is 17.5 Å². The molecule has 0 saturated carbocycles. The van der Waals surface area contributed by atoms with Crippen LogP contribution in [-0.4, -0.2) is 17.5 Å². The van der Waals surface area contributed by atoms with Gasteiger partial charge >= 0.3 is 5.97 Å². The van der Waals surface area contributed by atoms with E-state index < -0.39 is 28.8 Å². The fraction of sp³-hybridized carbons (Fsp3) is 0.0435. The maximum absolute atomic E-state index is 14.8. The average molecular weight is 409 g/mol. The van der Waals surface area contributed by atoms with Gasteiger partial charge in [0.25, 0.3) is 0 Å². The second kappa shape index (κ2) is 7.51. The van der Waals surface area contributed by atoms with Gasteiger partial charge in [-0.3, -0.25) is 4.79 Å². The van der Waals surface area contributed by atoms with E-state index in [1.165, 1.54) is 42.0 Å². The summed E-state index contributed by atoms with van der Waals surface area (Å²) >= 11 is 0. The number of carbonyl (C=O) groups is 1. The van der Waals surface area contributed by atoms with Crippen molar-refractivity contribution < 1.29 is 22.7 Å². The number of esters is 1. The van der Waals surface area contributed by atoms with Crippen molar-refractivity contribution in [2.45, 2.75) is 0 Å². The molecule has 4 nitrogen and oxygen atoms in total. The van der Waals surface area contributed by atoms with Gasteiger partial charge in [0.2, 0.25) is 0 Å². The van der Waals surface area contributed by atoms with Gasteiger partial charge in [-0.05, 0) is 36.4 Å². The van der Waals surface area contributed by atoms with E-state index in [0.29, 0.717) is 11.2 Å². The van der Waals surface area contributed by atoms with Crippen LogP contribution in [0.4, 0.5) is 13.2 Å². The standard InChI is InChI=1S/C23H14F3NO3/c1-30-23(29)13-5-7-16(17(25)11-13)22-20-4-2-3-19(27(20)10-9-21(22)28)15-8-6-14(24)12-18(15)26/h2-12H,1H3. The first-order chi connectivity index (χ1) is 14.4. The zero-order valence-electron chi connectivity index (χ0n) is 15.7. The molecule has 2 heterocycles. The normalized spacial score (nSPS) is 10.9. The van der Waals surface area contributed by atoms with Crippen LogP contribution in [-0.2, 0) is 4.74 Å². The van der Waals surface area contributed by atoms with Crippen molar-refractivity contribution in [3.8, 4) is 22.4 Å². The Balaban J connectivity index is 1.98. The number of pyridine rings is 2. The van der Waals surface area contributed by atoms with Crippen molar-refractivity contribution in [2.75, 3.05) is 7.11 Å². The summed E-state index contributed by atoms with van der Waals surface area (Å²) in [4.78, 5) is 24.3. The Bertz CT molecular complexity index is 1360. The minimum atomic E-state index is -0.776. The SMILES string of the molecule is COC(=O)c1ccc(-c2c(=O)ccn3c(-c4ccc(F)cc4F)cccc23)c(F)c1. The van der Waals surface area contributed by atoms with Crippen molar-refractivity contribution in [3.63, 3.8) is 0 Å². The lowest BCUT2D eigenvalue weighted by Gasteiger charge is -2.14. The monoisotopic (exact) mass is 409 g/mol. The smallest absolute Gasteiger partial charge is 0.337 e. The second-order valence-corrected chi connectivity index (χ2v) is 6.53. The Kier molecular flexibility index (Phi) is 4.87. The van der Waals surface area contributed by atoms with E-state index in [1.54, 1.807) is 18.2 Å². The summed E-state index contributed by atoms with van der Waals surface area (Å²) in [6.07, 6.45) is 1.44. The average Bonchev–Trinajstić information content (AvgIpc) is 2.73. The molecule has 0 spiro atoms. The summed E-state index contributed by atoms with van der Waals surface area (Å²) in [5, 5.41) is 0. The molecule has 0 fully saturated rings. The highest BCUT2D eigenvalue weighted by atomic mass is 19.1. The number of benzene rings is 2. The van der Waals surface area contributed by atoms with Crippen molar-refractivity contribution in [3.05, 3.63) is 100 Å². The largest absolute Gasteiger partial charge is 0.465 e. The predicted molar refractivity (Wildman–Crippen MR) is 106 cm³/mol. The molecule has 2 aromatic carbocycles. The van der Waals surface area contributed by atoms with E-state index in [-0.39, 0.29) is 22.3 Å². The van der Waals surface area contributed by atoms with E-state index in [9.17, 15) is 22.8 Å². The molecule has 4 rings (SSSR count). The van der Waals surface area contributed by atoms with Gasteiger partial charge in [-0.15, -0.1) is 0 Å². The molecule has 2 aromatic heterocycles. The lowest BCUT2D eigenvalue weighted by molar-refractivity contribution is 0.0600. The Labute approximate surface area is 168 Å². The fourth-order valence-electron chi connectivity index (χ4n) is 3.39. The molecular formula is C23H14F3NO3. The van der Waals surface area contributed by atoms with Crippen LogP contribution in [0.15, 0.2) is 71.7 Å². The van der Waals surface area contributed by atoms with Gasteiger partial charge in [0.15, 0.2) is 5.43 Å². The number of nitrogens with zero attached hydrogens (tertiary/aromatic N) is 1. The molecule has 4 aromatic rings. The third kappa shape index (κ3) is 3.24. The Morgan fingerprint density at radius 3 is 2.33 bits per heavy atom. The first-order valence-corrected chi connectivity index (χ1v) is 8.89. The Morgan fingerprint density at radius 2 is 1.63 bits per heavy atom. The van der Waals surface area contributed by atoms with Crippen LogP contribution in [0.1, 0.15) is 10.4 Å². The lowest BCUT2D eigenvalue weighted by Crippen LogP contribution is -2.10. The van der Waals surface area contributed by atoms with E-state index in [1.807, 2.05) is 0 Å². The zero-order valence-corrected chi connectivity index (χ0v) is 15.7. The van der Waals surface area contributed by atoms with Gasteiger partial charge in [-0.1, -0.05) is 12.1 Å². The van der Waals surface area contributed by atoms with Crippen LogP contribution < -0.4 is 5.43 Å². The van der Waals surface area contributed by atoms with Crippen molar-refractivity contribution >= 4 is 11.5 Å². The van der Waals surface area contributed by atoms with Crippen LogP contribution in [0, 0.1) is 17.5 Å². The van der Waals surface area contributed by atoms with E-state index in [2.05, 4.69) is 4.74 Å². The van der Waals surface area contributed by atoms with Crippen LogP contribution in [0.5, 0.6) is 0 Å². The maximum atomic E-state index is 14.8. The van der Waals surface area contributed by atoms with E-state index >= 15 is 0 Å². The highest BCUT2D eigenvalue weighted by molar-refractivity contribution is 5.91. The topological polar surface area (TPSA) is 47.8 Å². The third-order valence-electron chi connectivity index (χ3n) is 4.77. The molecule has 0 atom stereocenters. The molecule has 0 aliphatic carbocycles. The number of halogens is 3. The molecule has 0 saturated heterocycles. The van der Waals surface area contributed by atoms with Gasteiger partial charge < -0.3 is 9.14 Å². The molecule has 0 aliphatic rings. The molecule has 7 heteroatoms. The summed E-state index contributed by atoms with van der Waals surface area (Å²) in [5.41, 5.74) is 0.410. The number of aromatic nitrogens is 1. The van der Waals surface area contributed by atoms with Crippen LogP contribution in [0.25, 0.3) is 27.9 Å². The minimum absolute atomic E-state index is 0.00756. The number of methoxy groups -OCH3 is 1. The molecule has 0 N–H and O–H groups in total. The molecule has 0 bridgehead atoms. The minimum Gasteiger partial charge on any atom is -0.465 e. The number of fused-ring (bicyclic) bond motifs is 1. The van der Waals surface area contributed by atoms with Gasteiger partial charge in [0, 0.05) is 29.5 Å². The zero-order chi connectivity index (χ0) is 21.4. The summed E-state index contributed by atoms with van der Waals surface area (Å²) < 4.78 is 48.6. The fourth-order valence-corrected chi connectivity index (χ4v) is 3.39. The van der Waals surface area contributed by atoms with Crippen molar-refractivity contribution in [1.82, 2.24) is 4.40 Å². The molecule has 150 valence electrons. The number of rotatable bonds is 3. The summed E-state index contributed by atoms with van der Waals surface area (Å²) in [5.74, 6) is -2.96. The highest BCUT2D eigenvalue weighted by Crippen LogP contribution is 2.29.